The van der Waals surface area contributed by atoms with E-state index in [2.05, 4.69) is 51.1 Å². The summed E-state index contributed by atoms with van der Waals surface area (Å²) in [6.07, 6.45) is 4.18. The van der Waals surface area contributed by atoms with Crippen LogP contribution < -0.4 is 4.74 Å². The summed E-state index contributed by atoms with van der Waals surface area (Å²) >= 11 is 7.66. The van der Waals surface area contributed by atoms with E-state index in [1.165, 1.54) is 10.5 Å². The highest BCUT2D eigenvalue weighted by molar-refractivity contribution is 7.99. The van der Waals surface area contributed by atoms with Crippen molar-refractivity contribution in [3.05, 3.63) is 71.3 Å². The smallest absolute Gasteiger partial charge is 0.119 e. The van der Waals surface area contributed by atoms with Gasteiger partial charge in [-0.05, 0) is 47.4 Å². The van der Waals surface area contributed by atoms with Crippen molar-refractivity contribution in [1.29, 1.82) is 0 Å². The van der Waals surface area contributed by atoms with E-state index in [1.807, 2.05) is 42.1 Å². The Morgan fingerprint density at radius 1 is 0.957 bits per heavy atom. The number of thioether (sulfide) groups is 1. The number of ether oxygens (including phenoxy) is 1. The van der Waals surface area contributed by atoms with Gasteiger partial charge in [0.25, 0.3) is 0 Å². The molecular weight excluding hydrogens is 324 g/mol. The van der Waals surface area contributed by atoms with Gasteiger partial charge in [0, 0.05) is 15.7 Å². The quantitative estimate of drug-likeness (QED) is 0.444. The largest absolute Gasteiger partial charge is 0.490 e. The Bertz CT molecular complexity index is 624. The maximum Gasteiger partial charge on any atom is 0.119 e. The molecule has 2 aromatic rings. The van der Waals surface area contributed by atoms with Crippen LogP contribution in [-0.4, -0.2) is 12.4 Å². The third-order valence-corrected chi connectivity index (χ3v) is 4.61. The van der Waals surface area contributed by atoms with E-state index in [0.717, 1.165) is 16.5 Å². The van der Waals surface area contributed by atoms with E-state index >= 15 is 0 Å². The van der Waals surface area contributed by atoms with Crippen molar-refractivity contribution in [2.45, 2.75) is 31.1 Å². The number of benzene rings is 2. The molecule has 0 aliphatic rings. The second-order valence-corrected chi connectivity index (χ2v) is 7.85. The predicted molar refractivity (Wildman–Crippen MR) is 102 cm³/mol. The fourth-order valence-electron chi connectivity index (χ4n) is 2.01. The van der Waals surface area contributed by atoms with Gasteiger partial charge in [0.15, 0.2) is 0 Å². The fraction of sp³-hybridized carbons (Fsp3) is 0.300. The Hall–Kier alpha value is -1.38. The molecule has 0 aliphatic heterocycles. The molecule has 0 saturated heterocycles. The molecule has 3 heteroatoms. The maximum absolute atomic E-state index is 5.83. The third-order valence-electron chi connectivity index (χ3n) is 3.39. The lowest BCUT2D eigenvalue weighted by Gasteiger charge is -2.18. The van der Waals surface area contributed by atoms with Gasteiger partial charge in [-0.2, -0.15) is 0 Å². The summed E-state index contributed by atoms with van der Waals surface area (Å²) in [7, 11) is 0. The van der Waals surface area contributed by atoms with Crippen LogP contribution in [0, 0.1) is 0 Å². The topological polar surface area (TPSA) is 9.23 Å². The van der Waals surface area contributed by atoms with Crippen molar-refractivity contribution in [3.8, 4) is 5.75 Å². The van der Waals surface area contributed by atoms with Crippen molar-refractivity contribution in [2.75, 3.05) is 12.4 Å². The molecule has 0 radical (unpaired) electrons. The Labute approximate surface area is 148 Å². The van der Waals surface area contributed by atoms with E-state index in [9.17, 15) is 0 Å². The number of rotatable bonds is 6. The summed E-state index contributed by atoms with van der Waals surface area (Å²) < 4.78 is 5.61. The predicted octanol–water partition coefficient (Wildman–Crippen LogP) is 6.36. The van der Waals surface area contributed by atoms with Crippen LogP contribution in [0.15, 0.2) is 65.6 Å². The van der Waals surface area contributed by atoms with E-state index in [0.29, 0.717) is 6.61 Å². The molecule has 1 nitrogen and oxygen atoms in total. The molecule has 2 rings (SSSR count). The summed E-state index contributed by atoms with van der Waals surface area (Å²) in [5.74, 6) is 1.78. The standard InChI is InChI=1S/C20H23ClOS/c1-20(2,3)16-6-12-19(13-7-16)23-15-5-4-14-22-18-10-8-17(21)9-11-18/h4-13H,14-15H2,1-3H3/b5-4+. The molecule has 0 amide bonds. The summed E-state index contributed by atoms with van der Waals surface area (Å²) in [6.45, 7) is 7.28. The van der Waals surface area contributed by atoms with E-state index < -0.39 is 0 Å². The Morgan fingerprint density at radius 2 is 1.61 bits per heavy atom. The average Bonchev–Trinajstić information content (AvgIpc) is 2.52. The third kappa shape index (κ3) is 6.32. The molecule has 0 saturated carbocycles. The number of hydrogen-bond acceptors (Lipinski definition) is 2. The molecule has 122 valence electrons. The lowest BCUT2D eigenvalue weighted by molar-refractivity contribution is 0.363. The van der Waals surface area contributed by atoms with Gasteiger partial charge in [-0.3, -0.25) is 0 Å². The first kappa shape index (κ1) is 18.0. The molecule has 0 heterocycles. The molecule has 0 fully saturated rings. The fourth-order valence-corrected chi connectivity index (χ4v) is 2.89. The maximum atomic E-state index is 5.83. The SMILES string of the molecule is CC(C)(C)c1ccc(SC/C=C/COc2ccc(Cl)cc2)cc1. The van der Waals surface area contributed by atoms with Gasteiger partial charge >= 0.3 is 0 Å². The molecular formula is C20H23ClOS. The minimum Gasteiger partial charge on any atom is -0.490 e. The highest BCUT2D eigenvalue weighted by Crippen LogP contribution is 2.25. The van der Waals surface area contributed by atoms with Crippen molar-refractivity contribution >= 4 is 23.4 Å². The van der Waals surface area contributed by atoms with Gasteiger partial charge in [-0.25, -0.2) is 0 Å². The molecule has 0 aromatic heterocycles. The molecule has 0 spiro atoms. The molecule has 0 bridgehead atoms. The average molecular weight is 347 g/mol. The van der Waals surface area contributed by atoms with Crippen LogP contribution in [0.1, 0.15) is 26.3 Å². The summed E-state index contributed by atoms with van der Waals surface area (Å²) in [4.78, 5) is 1.29. The van der Waals surface area contributed by atoms with Crippen molar-refractivity contribution in [3.63, 3.8) is 0 Å². The van der Waals surface area contributed by atoms with Gasteiger partial charge in [-0.1, -0.05) is 56.7 Å². The van der Waals surface area contributed by atoms with E-state index in [-0.39, 0.29) is 5.41 Å². The lowest BCUT2D eigenvalue weighted by atomic mass is 9.87. The van der Waals surface area contributed by atoms with Crippen LogP contribution in [0.4, 0.5) is 0 Å². The van der Waals surface area contributed by atoms with Gasteiger partial charge in [0.05, 0.1) is 0 Å². The molecule has 0 N–H and O–H groups in total. The van der Waals surface area contributed by atoms with Crippen LogP contribution in [0.25, 0.3) is 0 Å². The lowest BCUT2D eigenvalue weighted by Crippen LogP contribution is -2.10. The molecule has 23 heavy (non-hydrogen) atoms. The van der Waals surface area contributed by atoms with Crippen LogP contribution in [0.5, 0.6) is 5.75 Å². The molecule has 0 aliphatic carbocycles. The summed E-state index contributed by atoms with van der Waals surface area (Å²) in [5, 5.41) is 0.724. The van der Waals surface area contributed by atoms with Gasteiger partial charge in [0.2, 0.25) is 0 Å². The zero-order valence-electron chi connectivity index (χ0n) is 13.9. The Kier molecular flexibility index (Phi) is 6.61. The van der Waals surface area contributed by atoms with Crippen LogP contribution >= 0.6 is 23.4 Å². The molecule has 2 aromatic carbocycles. The zero-order chi connectivity index (χ0) is 16.7. The first-order valence-electron chi connectivity index (χ1n) is 7.72. The second-order valence-electron chi connectivity index (χ2n) is 6.32. The van der Waals surface area contributed by atoms with Crippen molar-refractivity contribution < 1.29 is 4.74 Å². The second kappa shape index (κ2) is 8.47. The minimum absolute atomic E-state index is 0.210. The van der Waals surface area contributed by atoms with Crippen molar-refractivity contribution in [1.82, 2.24) is 0 Å². The Morgan fingerprint density at radius 3 is 2.22 bits per heavy atom. The minimum atomic E-state index is 0.210. The molecule has 0 atom stereocenters. The van der Waals surface area contributed by atoms with Gasteiger partial charge in [0.1, 0.15) is 12.4 Å². The van der Waals surface area contributed by atoms with Crippen LogP contribution in [0.3, 0.4) is 0 Å². The normalized spacial score (nSPS) is 11.8. The number of halogens is 1. The monoisotopic (exact) mass is 346 g/mol. The highest BCUT2D eigenvalue weighted by atomic mass is 35.5. The summed E-state index contributed by atoms with van der Waals surface area (Å²) in [5.41, 5.74) is 1.58. The van der Waals surface area contributed by atoms with Gasteiger partial charge < -0.3 is 4.74 Å². The van der Waals surface area contributed by atoms with Gasteiger partial charge in [-0.15, -0.1) is 11.8 Å². The van der Waals surface area contributed by atoms with E-state index in [4.69, 9.17) is 16.3 Å². The summed E-state index contributed by atoms with van der Waals surface area (Å²) in [6, 6.07) is 16.2. The zero-order valence-corrected chi connectivity index (χ0v) is 15.5. The van der Waals surface area contributed by atoms with Crippen molar-refractivity contribution in [2.24, 2.45) is 0 Å². The van der Waals surface area contributed by atoms with E-state index in [1.54, 1.807) is 0 Å². The first-order chi connectivity index (χ1) is 10.9. The highest BCUT2D eigenvalue weighted by Gasteiger charge is 2.12. The van der Waals surface area contributed by atoms with Crippen LogP contribution in [0.2, 0.25) is 5.02 Å². The first-order valence-corrected chi connectivity index (χ1v) is 9.08. The number of hydrogen-bond donors (Lipinski definition) is 0. The molecule has 0 unspecified atom stereocenters. The Balaban J connectivity index is 1.71. The van der Waals surface area contributed by atoms with Crippen LogP contribution in [-0.2, 0) is 5.41 Å².